The zero-order valence-corrected chi connectivity index (χ0v) is 20.4. The average molecular weight is 482 g/mol. The third kappa shape index (κ3) is 4.74. The standard InChI is InChI=1S/C25H31N5O5/c1-25(2,3)35-24(34)29-12-10-28(11-13-29)16-6-7-17-18(14-16)21(15-4-5-15)27-30(23(17)33)19-8-9-20(31)26-22(19)32/h6-7,14-15,19H,4-5,8-13H2,1-3H3,(H,26,31,32). The van der Waals surface area contributed by atoms with Crippen LogP contribution in [-0.4, -0.2) is 64.4 Å². The number of fused-ring (bicyclic) bond motifs is 1. The summed E-state index contributed by atoms with van der Waals surface area (Å²) in [6.45, 7) is 7.99. The highest BCUT2D eigenvalue weighted by atomic mass is 16.6. The number of carbonyl (C=O) groups is 3. The molecule has 1 aromatic heterocycles. The zero-order valence-electron chi connectivity index (χ0n) is 20.4. The fourth-order valence-electron chi connectivity index (χ4n) is 4.72. The van der Waals surface area contributed by atoms with E-state index in [0.29, 0.717) is 31.6 Å². The molecule has 1 aromatic carbocycles. The van der Waals surface area contributed by atoms with Crippen LogP contribution in [0.3, 0.4) is 0 Å². The van der Waals surface area contributed by atoms with Crippen molar-refractivity contribution in [2.45, 2.75) is 64.0 Å². The van der Waals surface area contributed by atoms with Gasteiger partial charge < -0.3 is 14.5 Å². The van der Waals surface area contributed by atoms with Crippen LogP contribution in [-0.2, 0) is 14.3 Å². The lowest BCUT2D eigenvalue weighted by atomic mass is 10.0. The molecule has 0 bridgehead atoms. The van der Waals surface area contributed by atoms with Crippen molar-refractivity contribution < 1.29 is 19.1 Å². The molecular weight excluding hydrogens is 450 g/mol. The summed E-state index contributed by atoms with van der Waals surface area (Å²) in [7, 11) is 0. The second kappa shape index (κ2) is 8.66. The highest BCUT2D eigenvalue weighted by Gasteiger charge is 2.34. The molecule has 3 amide bonds. The van der Waals surface area contributed by atoms with Crippen LogP contribution in [0.15, 0.2) is 23.0 Å². The molecule has 2 saturated heterocycles. The van der Waals surface area contributed by atoms with Crippen LogP contribution in [0.1, 0.15) is 64.1 Å². The summed E-state index contributed by atoms with van der Waals surface area (Å²) in [6.07, 6.45) is 2.15. The number of ether oxygens (including phenoxy) is 1. The van der Waals surface area contributed by atoms with Crippen molar-refractivity contribution in [1.82, 2.24) is 20.0 Å². The van der Waals surface area contributed by atoms with Crippen LogP contribution in [0.25, 0.3) is 10.8 Å². The number of nitrogens with zero attached hydrogens (tertiary/aromatic N) is 4. The number of nitrogens with one attached hydrogen (secondary N) is 1. The van der Waals surface area contributed by atoms with E-state index < -0.39 is 17.6 Å². The molecule has 10 heteroatoms. The van der Waals surface area contributed by atoms with Crippen LogP contribution < -0.4 is 15.8 Å². The monoisotopic (exact) mass is 481 g/mol. The number of benzene rings is 1. The first-order chi connectivity index (χ1) is 16.6. The Balaban J connectivity index is 1.41. The number of hydrogen-bond acceptors (Lipinski definition) is 7. The fraction of sp³-hybridized carbons (Fsp3) is 0.560. The van der Waals surface area contributed by atoms with Crippen LogP contribution in [0.5, 0.6) is 0 Å². The first-order valence-electron chi connectivity index (χ1n) is 12.2. The van der Waals surface area contributed by atoms with Crippen molar-refractivity contribution in [2.75, 3.05) is 31.1 Å². The molecule has 0 spiro atoms. The van der Waals surface area contributed by atoms with E-state index in [9.17, 15) is 19.2 Å². The van der Waals surface area contributed by atoms with Crippen LogP contribution >= 0.6 is 0 Å². The Morgan fingerprint density at radius 2 is 1.74 bits per heavy atom. The number of piperidine rings is 1. The molecule has 3 fully saturated rings. The molecule has 5 rings (SSSR count). The zero-order chi connectivity index (χ0) is 24.9. The van der Waals surface area contributed by atoms with Gasteiger partial charge in [0.1, 0.15) is 11.6 Å². The molecule has 1 saturated carbocycles. The number of amides is 3. The number of imide groups is 1. The summed E-state index contributed by atoms with van der Waals surface area (Å²) < 4.78 is 6.76. The lowest BCUT2D eigenvalue weighted by Gasteiger charge is -2.36. The summed E-state index contributed by atoms with van der Waals surface area (Å²) >= 11 is 0. The first kappa shape index (κ1) is 23.3. The largest absolute Gasteiger partial charge is 0.444 e. The third-order valence-electron chi connectivity index (χ3n) is 6.70. The number of rotatable bonds is 3. The van der Waals surface area contributed by atoms with Crippen molar-refractivity contribution in [1.29, 1.82) is 0 Å². The van der Waals surface area contributed by atoms with Gasteiger partial charge in [-0.1, -0.05) is 0 Å². The summed E-state index contributed by atoms with van der Waals surface area (Å²) in [4.78, 5) is 53.6. The lowest BCUT2D eigenvalue weighted by Crippen LogP contribution is -2.50. The Bertz CT molecular complexity index is 1250. The molecule has 186 valence electrons. The Morgan fingerprint density at radius 3 is 2.37 bits per heavy atom. The molecule has 10 nitrogen and oxygen atoms in total. The van der Waals surface area contributed by atoms with Crippen molar-refractivity contribution in [3.05, 3.63) is 34.2 Å². The molecule has 35 heavy (non-hydrogen) atoms. The number of hydrogen-bond donors (Lipinski definition) is 1. The number of anilines is 1. The molecule has 1 N–H and O–H groups in total. The fourth-order valence-corrected chi connectivity index (χ4v) is 4.72. The van der Waals surface area contributed by atoms with E-state index in [2.05, 4.69) is 15.3 Å². The van der Waals surface area contributed by atoms with Gasteiger partial charge in [0.2, 0.25) is 5.91 Å². The molecule has 0 radical (unpaired) electrons. The highest BCUT2D eigenvalue weighted by molar-refractivity contribution is 5.99. The van der Waals surface area contributed by atoms with Crippen LogP contribution in [0.4, 0.5) is 10.5 Å². The van der Waals surface area contributed by atoms with Gasteiger partial charge in [-0.25, -0.2) is 9.48 Å². The molecule has 2 aromatic rings. The minimum absolute atomic E-state index is 0.190. The van der Waals surface area contributed by atoms with Crippen molar-refractivity contribution >= 4 is 34.4 Å². The van der Waals surface area contributed by atoms with E-state index >= 15 is 0 Å². The molecule has 1 atom stereocenters. The second-order valence-corrected chi connectivity index (χ2v) is 10.6. The van der Waals surface area contributed by atoms with Crippen molar-refractivity contribution in [3.8, 4) is 0 Å². The highest BCUT2D eigenvalue weighted by Crippen LogP contribution is 2.42. The quantitative estimate of drug-likeness (QED) is 0.669. The van der Waals surface area contributed by atoms with E-state index in [0.717, 1.165) is 29.6 Å². The summed E-state index contributed by atoms with van der Waals surface area (Å²) in [6, 6.07) is 4.96. The molecular formula is C25H31N5O5. The van der Waals surface area contributed by atoms with Gasteiger partial charge in [-0.3, -0.25) is 19.7 Å². The van der Waals surface area contributed by atoms with E-state index in [1.165, 1.54) is 4.68 Å². The summed E-state index contributed by atoms with van der Waals surface area (Å²) in [5.41, 5.74) is 0.960. The van der Waals surface area contributed by atoms with E-state index in [-0.39, 0.29) is 36.3 Å². The topological polar surface area (TPSA) is 114 Å². The molecule has 1 unspecified atom stereocenters. The lowest BCUT2D eigenvalue weighted by molar-refractivity contribution is -0.136. The Morgan fingerprint density at radius 1 is 1.03 bits per heavy atom. The molecule has 1 aliphatic carbocycles. The smallest absolute Gasteiger partial charge is 0.410 e. The molecule has 3 heterocycles. The predicted molar refractivity (Wildman–Crippen MR) is 129 cm³/mol. The third-order valence-corrected chi connectivity index (χ3v) is 6.70. The Labute approximate surface area is 203 Å². The molecule has 3 aliphatic rings. The van der Waals surface area contributed by atoms with Crippen molar-refractivity contribution in [2.24, 2.45) is 0 Å². The van der Waals surface area contributed by atoms with E-state index in [1.54, 1.807) is 4.90 Å². The minimum atomic E-state index is -0.775. The first-order valence-corrected chi connectivity index (χ1v) is 12.2. The van der Waals surface area contributed by atoms with Gasteiger partial charge in [0.25, 0.3) is 11.5 Å². The normalized spacial score (nSPS) is 21.3. The second-order valence-electron chi connectivity index (χ2n) is 10.6. The Kier molecular flexibility index (Phi) is 5.77. The van der Waals surface area contributed by atoms with Crippen LogP contribution in [0.2, 0.25) is 0 Å². The maximum absolute atomic E-state index is 13.3. The van der Waals surface area contributed by atoms with E-state index in [1.807, 2.05) is 39.0 Å². The van der Waals surface area contributed by atoms with Gasteiger partial charge in [0, 0.05) is 49.6 Å². The SMILES string of the molecule is CC(C)(C)OC(=O)N1CCN(c2ccc3c(=O)n(C4CCC(=O)NC4=O)nc(C4CC4)c3c2)CC1. The maximum Gasteiger partial charge on any atom is 0.410 e. The van der Waals surface area contributed by atoms with Crippen molar-refractivity contribution in [3.63, 3.8) is 0 Å². The summed E-state index contributed by atoms with van der Waals surface area (Å²) in [5, 5.41) is 8.33. The predicted octanol–water partition coefficient (Wildman–Crippen LogP) is 2.31. The van der Waals surface area contributed by atoms with E-state index in [4.69, 9.17) is 4.74 Å². The maximum atomic E-state index is 13.3. The van der Waals surface area contributed by atoms with Crippen LogP contribution in [0, 0.1) is 0 Å². The average Bonchev–Trinajstić information content (AvgIpc) is 3.64. The van der Waals surface area contributed by atoms with Gasteiger partial charge in [0.15, 0.2) is 0 Å². The van der Waals surface area contributed by atoms with Gasteiger partial charge in [0.05, 0.1) is 11.1 Å². The van der Waals surface area contributed by atoms with Gasteiger partial charge >= 0.3 is 6.09 Å². The number of piperazine rings is 1. The van der Waals surface area contributed by atoms with Gasteiger partial charge in [-0.05, 0) is 58.2 Å². The number of aromatic nitrogens is 2. The van der Waals surface area contributed by atoms with Gasteiger partial charge in [-0.15, -0.1) is 0 Å². The Hall–Kier alpha value is -3.43. The van der Waals surface area contributed by atoms with Gasteiger partial charge in [-0.2, -0.15) is 5.10 Å². The molecule has 2 aliphatic heterocycles. The number of carbonyl (C=O) groups excluding carboxylic acids is 3. The summed E-state index contributed by atoms with van der Waals surface area (Å²) in [5.74, 6) is -0.535. The minimum Gasteiger partial charge on any atom is -0.444 e.